The summed E-state index contributed by atoms with van der Waals surface area (Å²) in [5.74, 6) is 0. The van der Waals surface area contributed by atoms with Gasteiger partial charge in [0.2, 0.25) is 0 Å². The smallest absolute Gasteiger partial charge is 0.0852 e. The van der Waals surface area contributed by atoms with E-state index in [4.69, 9.17) is 5.11 Å². The van der Waals surface area contributed by atoms with Crippen molar-refractivity contribution in [1.29, 1.82) is 0 Å². The van der Waals surface area contributed by atoms with E-state index < -0.39 is 5.60 Å². The molecule has 0 fully saturated rings. The highest BCUT2D eigenvalue weighted by Gasteiger charge is 2.16. The number of hydrogen-bond donors (Lipinski definition) is 2. The van der Waals surface area contributed by atoms with E-state index in [-0.39, 0.29) is 6.61 Å². The van der Waals surface area contributed by atoms with Crippen molar-refractivity contribution < 1.29 is 10.2 Å². The predicted octanol–water partition coefficient (Wildman–Crippen LogP) is 0.851. The molecule has 0 saturated heterocycles. The molecular weight excluding hydrogens is 128 g/mol. The van der Waals surface area contributed by atoms with Gasteiger partial charge in [-0.1, -0.05) is 6.58 Å². The summed E-state index contributed by atoms with van der Waals surface area (Å²) in [6.45, 7) is 4.79. The van der Waals surface area contributed by atoms with Gasteiger partial charge in [-0.3, -0.25) is 0 Å². The first-order valence-corrected chi connectivity index (χ1v) is 3.30. The summed E-state index contributed by atoms with van der Waals surface area (Å²) < 4.78 is 0. The average Bonchev–Trinajstić information content (AvgIpc) is 1.89. The minimum Gasteiger partial charge on any atom is -0.393 e. The molecule has 0 spiro atoms. The minimum absolute atomic E-state index is 0.196. The average molecular weight is 142 g/mol. The van der Waals surface area contributed by atoms with Gasteiger partial charge in [0.1, 0.15) is 0 Å². The van der Waals surface area contributed by atoms with Crippen LogP contribution in [0.5, 0.6) is 0 Å². The SMILES string of the molecule is C=C=CCCC(C)(O)CO. The largest absolute Gasteiger partial charge is 0.393 e. The molecule has 2 N–H and O–H groups in total. The topological polar surface area (TPSA) is 40.5 Å². The zero-order valence-electron chi connectivity index (χ0n) is 6.30. The lowest BCUT2D eigenvalue weighted by Gasteiger charge is -2.18. The lowest BCUT2D eigenvalue weighted by Crippen LogP contribution is -2.28. The van der Waals surface area contributed by atoms with Crippen molar-refractivity contribution >= 4 is 0 Å². The minimum atomic E-state index is -0.951. The van der Waals surface area contributed by atoms with Crippen molar-refractivity contribution in [2.24, 2.45) is 0 Å². The summed E-state index contributed by atoms with van der Waals surface area (Å²) in [6.07, 6.45) is 2.99. The normalized spacial score (nSPS) is 15.5. The first kappa shape index (κ1) is 9.44. The molecule has 0 aromatic heterocycles. The molecule has 0 aliphatic rings. The van der Waals surface area contributed by atoms with Crippen LogP contribution in [0.1, 0.15) is 19.8 Å². The summed E-state index contributed by atoms with van der Waals surface area (Å²) in [5.41, 5.74) is 1.65. The second-order valence-corrected chi connectivity index (χ2v) is 2.60. The van der Waals surface area contributed by atoms with Gasteiger partial charge >= 0.3 is 0 Å². The monoisotopic (exact) mass is 142 g/mol. The van der Waals surface area contributed by atoms with Crippen LogP contribution in [0.4, 0.5) is 0 Å². The van der Waals surface area contributed by atoms with E-state index in [0.29, 0.717) is 12.8 Å². The van der Waals surface area contributed by atoms with Crippen molar-refractivity contribution in [3.8, 4) is 0 Å². The van der Waals surface area contributed by atoms with Gasteiger partial charge in [-0.15, -0.1) is 5.73 Å². The highest BCUT2D eigenvalue weighted by Crippen LogP contribution is 2.10. The van der Waals surface area contributed by atoms with E-state index in [1.165, 1.54) is 0 Å². The highest BCUT2D eigenvalue weighted by atomic mass is 16.3. The van der Waals surface area contributed by atoms with Gasteiger partial charge in [-0.2, -0.15) is 0 Å². The third-order valence-electron chi connectivity index (χ3n) is 1.31. The predicted molar refractivity (Wildman–Crippen MR) is 40.7 cm³/mol. The Kier molecular flexibility index (Phi) is 4.05. The summed E-state index contributed by atoms with van der Waals surface area (Å²) in [4.78, 5) is 0. The molecule has 1 unspecified atom stereocenters. The van der Waals surface area contributed by atoms with E-state index in [1.807, 2.05) is 0 Å². The molecule has 0 bridgehead atoms. The van der Waals surface area contributed by atoms with E-state index in [0.717, 1.165) is 0 Å². The van der Waals surface area contributed by atoms with E-state index in [9.17, 15) is 5.11 Å². The molecule has 1 atom stereocenters. The number of aliphatic hydroxyl groups excluding tert-OH is 1. The van der Waals surface area contributed by atoms with Crippen LogP contribution in [0.15, 0.2) is 18.4 Å². The molecule has 10 heavy (non-hydrogen) atoms. The van der Waals surface area contributed by atoms with Gasteiger partial charge in [-0.05, 0) is 25.8 Å². The van der Waals surface area contributed by atoms with Crippen molar-refractivity contribution in [2.45, 2.75) is 25.4 Å². The first-order valence-electron chi connectivity index (χ1n) is 3.30. The van der Waals surface area contributed by atoms with Crippen molar-refractivity contribution in [1.82, 2.24) is 0 Å². The van der Waals surface area contributed by atoms with Crippen LogP contribution in [-0.4, -0.2) is 22.4 Å². The standard InChI is InChI=1S/C8H14O2/c1-3-4-5-6-8(2,10)7-9/h4,9-10H,1,5-7H2,2H3. The molecule has 2 heteroatoms. The van der Waals surface area contributed by atoms with E-state index in [1.54, 1.807) is 13.0 Å². The molecule has 0 heterocycles. The Labute approximate surface area is 61.5 Å². The van der Waals surface area contributed by atoms with Gasteiger partial charge in [0, 0.05) is 0 Å². The van der Waals surface area contributed by atoms with Crippen molar-refractivity contribution in [3.63, 3.8) is 0 Å². The Morgan fingerprint density at radius 2 is 2.30 bits per heavy atom. The second kappa shape index (κ2) is 4.29. The third-order valence-corrected chi connectivity index (χ3v) is 1.31. The molecule has 0 saturated carbocycles. The molecule has 0 amide bonds. The molecule has 0 aliphatic carbocycles. The summed E-state index contributed by atoms with van der Waals surface area (Å²) in [7, 11) is 0. The van der Waals surface area contributed by atoms with Crippen LogP contribution in [0, 0.1) is 0 Å². The summed E-state index contributed by atoms with van der Waals surface area (Å²) in [6, 6.07) is 0. The summed E-state index contributed by atoms with van der Waals surface area (Å²) in [5, 5.41) is 17.8. The van der Waals surface area contributed by atoms with Crippen LogP contribution in [0.2, 0.25) is 0 Å². The van der Waals surface area contributed by atoms with Crippen LogP contribution in [0.3, 0.4) is 0 Å². The molecule has 0 aromatic rings. The van der Waals surface area contributed by atoms with Crippen molar-refractivity contribution in [2.75, 3.05) is 6.61 Å². The molecule has 0 radical (unpaired) electrons. The summed E-state index contributed by atoms with van der Waals surface area (Å²) >= 11 is 0. The fourth-order valence-electron chi connectivity index (χ4n) is 0.564. The number of aliphatic hydroxyl groups is 2. The van der Waals surface area contributed by atoms with Crippen LogP contribution >= 0.6 is 0 Å². The second-order valence-electron chi connectivity index (χ2n) is 2.60. The van der Waals surface area contributed by atoms with Crippen LogP contribution in [-0.2, 0) is 0 Å². The van der Waals surface area contributed by atoms with Gasteiger partial charge < -0.3 is 10.2 Å². The van der Waals surface area contributed by atoms with Gasteiger partial charge in [0.05, 0.1) is 12.2 Å². The maximum absolute atomic E-state index is 9.23. The van der Waals surface area contributed by atoms with Gasteiger partial charge in [-0.25, -0.2) is 0 Å². The maximum Gasteiger partial charge on any atom is 0.0852 e. The first-order chi connectivity index (χ1) is 4.62. The maximum atomic E-state index is 9.23. The molecule has 0 aliphatic heterocycles. The zero-order chi connectivity index (χ0) is 8.04. The number of allylic oxidation sites excluding steroid dienone is 1. The van der Waals surface area contributed by atoms with Gasteiger partial charge in [0.25, 0.3) is 0 Å². The number of hydrogen-bond acceptors (Lipinski definition) is 2. The lowest BCUT2D eigenvalue weighted by molar-refractivity contribution is -0.00420. The number of rotatable bonds is 4. The van der Waals surface area contributed by atoms with Crippen LogP contribution in [0.25, 0.3) is 0 Å². The highest BCUT2D eigenvalue weighted by molar-refractivity contribution is 4.80. The molecular formula is C8H14O2. The Morgan fingerprint density at radius 1 is 1.70 bits per heavy atom. The Morgan fingerprint density at radius 3 is 2.70 bits per heavy atom. The Bertz CT molecular complexity index is 132. The quantitative estimate of drug-likeness (QED) is 0.571. The van der Waals surface area contributed by atoms with E-state index in [2.05, 4.69) is 12.3 Å². The fraction of sp³-hybridized carbons (Fsp3) is 0.625. The van der Waals surface area contributed by atoms with Crippen molar-refractivity contribution in [3.05, 3.63) is 18.4 Å². The molecule has 58 valence electrons. The fourth-order valence-corrected chi connectivity index (χ4v) is 0.564. The molecule has 0 rings (SSSR count). The van der Waals surface area contributed by atoms with Gasteiger partial charge in [0.15, 0.2) is 0 Å². The molecule has 2 nitrogen and oxygen atoms in total. The lowest BCUT2D eigenvalue weighted by atomic mass is 10.0. The molecule has 0 aromatic carbocycles. The van der Waals surface area contributed by atoms with Crippen LogP contribution < -0.4 is 0 Å². The third kappa shape index (κ3) is 4.33. The van der Waals surface area contributed by atoms with E-state index >= 15 is 0 Å². The Balaban J connectivity index is 3.56. The zero-order valence-corrected chi connectivity index (χ0v) is 6.30. The Hall–Kier alpha value is -0.560.